The van der Waals surface area contributed by atoms with Crippen LogP contribution in [0.2, 0.25) is 0 Å². The number of esters is 1. The lowest BCUT2D eigenvalue weighted by Crippen LogP contribution is -2.34. The number of ketones is 1. The molecule has 2 rings (SSSR count). The van der Waals surface area contributed by atoms with Crippen LogP contribution in [0.5, 0.6) is 0 Å². The van der Waals surface area contributed by atoms with E-state index in [0.717, 1.165) is 6.42 Å². The summed E-state index contributed by atoms with van der Waals surface area (Å²) in [7, 11) is 0. The van der Waals surface area contributed by atoms with E-state index >= 15 is 0 Å². The number of benzene rings is 2. The van der Waals surface area contributed by atoms with Crippen LogP contribution in [0.15, 0.2) is 54.6 Å². The van der Waals surface area contributed by atoms with Gasteiger partial charge in [-0.1, -0.05) is 25.1 Å². The van der Waals surface area contributed by atoms with Gasteiger partial charge >= 0.3 is 5.97 Å². The van der Waals surface area contributed by atoms with Gasteiger partial charge in [-0.15, -0.1) is 0 Å². The van der Waals surface area contributed by atoms with Crippen LogP contribution in [0.4, 0.5) is 5.69 Å². The summed E-state index contributed by atoms with van der Waals surface area (Å²) in [6.07, 6.45) is 1.14. The van der Waals surface area contributed by atoms with Crippen LogP contribution >= 0.6 is 0 Å². The molecule has 2 amide bonds. The minimum atomic E-state index is -0.576. The molecule has 1 atom stereocenters. The molecule has 0 aliphatic rings. The van der Waals surface area contributed by atoms with Gasteiger partial charge in [0.25, 0.3) is 5.91 Å². The monoisotopic (exact) mass is 410 g/mol. The zero-order valence-electron chi connectivity index (χ0n) is 17.1. The molecule has 0 bridgehead atoms. The summed E-state index contributed by atoms with van der Waals surface area (Å²) in [5.41, 5.74) is 1.48. The maximum Gasteiger partial charge on any atom is 0.308 e. The molecular weight excluding hydrogens is 384 g/mol. The first-order valence-corrected chi connectivity index (χ1v) is 9.83. The van der Waals surface area contributed by atoms with Crippen molar-refractivity contribution in [2.24, 2.45) is 0 Å². The number of carbonyl (C=O) groups excluding carboxylic acids is 4. The van der Waals surface area contributed by atoms with Gasteiger partial charge in [0.2, 0.25) is 5.91 Å². The Morgan fingerprint density at radius 1 is 0.933 bits per heavy atom. The number of amides is 2. The van der Waals surface area contributed by atoms with E-state index in [0.29, 0.717) is 23.2 Å². The van der Waals surface area contributed by atoms with Gasteiger partial charge in [-0.05, 0) is 49.7 Å². The van der Waals surface area contributed by atoms with Gasteiger partial charge in [0.1, 0.15) is 0 Å². The number of ether oxygens (including phenoxy) is 1. The standard InChI is InChI=1S/C23H26N2O5/c1-3-7-21(27)25-19-12-10-17(11-13-19)20(26)15-30-22(28)14-16(2)24-23(29)18-8-5-4-6-9-18/h4-6,8-13,16H,3,7,14-15H2,1-2H3,(H,24,29)(H,25,27). The Kier molecular flexibility index (Phi) is 8.75. The molecule has 0 aliphatic carbocycles. The molecule has 30 heavy (non-hydrogen) atoms. The minimum Gasteiger partial charge on any atom is -0.457 e. The molecule has 0 saturated carbocycles. The Morgan fingerprint density at radius 2 is 1.60 bits per heavy atom. The van der Waals surface area contributed by atoms with Gasteiger partial charge in [0.15, 0.2) is 12.4 Å². The van der Waals surface area contributed by atoms with Crippen molar-refractivity contribution in [3.63, 3.8) is 0 Å². The predicted molar refractivity (Wildman–Crippen MR) is 113 cm³/mol. The molecule has 7 nitrogen and oxygen atoms in total. The van der Waals surface area contributed by atoms with Gasteiger partial charge in [-0.3, -0.25) is 19.2 Å². The lowest BCUT2D eigenvalue weighted by Gasteiger charge is -2.13. The molecule has 158 valence electrons. The number of anilines is 1. The number of hydrogen-bond donors (Lipinski definition) is 2. The summed E-state index contributed by atoms with van der Waals surface area (Å²) in [4.78, 5) is 47.8. The molecule has 0 spiro atoms. The van der Waals surface area contributed by atoms with E-state index in [1.807, 2.05) is 13.0 Å². The first kappa shape index (κ1) is 22.8. The van der Waals surface area contributed by atoms with Crippen LogP contribution in [0.1, 0.15) is 53.8 Å². The SMILES string of the molecule is CCCC(=O)Nc1ccc(C(=O)COC(=O)CC(C)NC(=O)c2ccccc2)cc1. The van der Waals surface area contributed by atoms with Crippen LogP contribution in [0.3, 0.4) is 0 Å². The Balaban J connectivity index is 1.76. The molecule has 0 radical (unpaired) electrons. The van der Waals surface area contributed by atoms with Crippen molar-refractivity contribution >= 4 is 29.3 Å². The van der Waals surface area contributed by atoms with Gasteiger partial charge in [0, 0.05) is 29.3 Å². The molecule has 0 fully saturated rings. The van der Waals surface area contributed by atoms with Crippen LogP contribution < -0.4 is 10.6 Å². The fourth-order valence-corrected chi connectivity index (χ4v) is 2.68. The van der Waals surface area contributed by atoms with Gasteiger partial charge in [0.05, 0.1) is 6.42 Å². The van der Waals surface area contributed by atoms with Crippen molar-refractivity contribution in [3.8, 4) is 0 Å². The first-order valence-electron chi connectivity index (χ1n) is 9.83. The number of nitrogens with one attached hydrogen (secondary N) is 2. The Hall–Kier alpha value is -3.48. The third kappa shape index (κ3) is 7.50. The van der Waals surface area contributed by atoms with Crippen molar-refractivity contribution in [2.75, 3.05) is 11.9 Å². The summed E-state index contributed by atoms with van der Waals surface area (Å²) >= 11 is 0. The van der Waals surface area contributed by atoms with E-state index in [2.05, 4.69) is 10.6 Å². The fraction of sp³-hybridized carbons (Fsp3) is 0.304. The summed E-state index contributed by atoms with van der Waals surface area (Å²) in [5.74, 6) is -1.29. The second-order valence-corrected chi connectivity index (χ2v) is 6.90. The highest BCUT2D eigenvalue weighted by Gasteiger charge is 2.16. The van der Waals surface area contributed by atoms with Gasteiger partial charge < -0.3 is 15.4 Å². The van der Waals surface area contributed by atoms with Crippen molar-refractivity contribution in [1.82, 2.24) is 5.32 Å². The minimum absolute atomic E-state index is 0.0474. The van der Waals surface area contributed by atoms with Crippen LogP contribution in [0.25, 0.3) is 0 Å². The lowest BCUT2D eigenvalue weighted by atomic mass is 10.1. The van der Waals surface area contributed by atoms with Crippen LogP contribution in [0, 0.1) is 0 Å². The van der Waals surface area contributed by atoms with Crippen molar-refractivity contribution < 1.29 is 23.9 Å². The van der Waals surface area contributed by atoms with Crippen molar-refractivity contribution in [1.29, 1.82) is 0 Å². The summed E-state index contributed by atoms with van der Waals surface area (Å²) in [5, 5.41) is 5.46. The maximum atomic E-state index is 12.2. The van der Waals surface area contributed by atoms with Crippen molar-refractivity contribution in [3.05, 3.63) is 65.7 Å². The van der Waals surface area contributed by atoms with Crippen molar-refractivity contribution in [2.45, 2.75) is 39.2 Å². The predicted octanol–water partition coefficient (Wildman–Crippen LogP) is 3.36. The van der Waals surface area contributed by atoms with Gasteiger partial charge in [-0.2, -0.15) is 0 Å². The molecule has 0 saturated heterocycles. The van der Waals surface area contributed by atoms with E-state index < -0.39 is 12.0 Å². The van der Waals surface area contributed by atoms with E-state index in [1.165, 1.54) is 0 Å². The zero-order chi connectivity index (χ0) is 21.9. The number of rotatable bonds is 10. The molecule has 2 aromatic rings. The Bertz CT molecular complexity index is 878. The fourth-order valence-electron chi connectivity index (χ4n) is 2.68. The smallest absolute Gasteiger partial charge is 0.308 e. The molecular formula is C23H26N2O5. The van der Waals surface area contributed by atoms with Gasteiger partial charge in [-0.25, -0.2) is 0 Å². The average molecular weight is 410 g/mol. The van der Waals surface area contributed by atoms with E-state index in [-0.39, 0.29) is 30.6 Å². The Labute approximate surface area is 175 Å². The molecule has 7 heteroatoms. The van der Waals surface area contributed by atoms with Crippen LogP contribution in [-0.4, -0.2) is 36.2 Å². The summed E-state index contributed by atoms with van der Waals surface area (Å²) < 4.78 is 5.03. The molecule has 0 aliphatic heterocycles. The second kappa shape index (κ2) is 11.5. The largest absolute Gasteiger partial charge is 0.457 e. The van der Waals surface area contributed by atoms with Crippen LogP contribution in [-0.2, 0) is 14.3 Å². The third-order valence-electron chi connectivity index (χ3n) is 4.22. The highest BCUT2D eigenvalue weighted by atomic mass is 16.5. The number of Topliss-reactive ketones (excluding diaryl/α,β-unsaturated/α-hetero) is 1. The molecule has 0 heterocycles. The number of hydrogen-bond acceptors (Lipinski definition) is 5. The average Bonchev–Trinajstić information content (AvgIpc) is 2.73. The normalized spacial score (nSPS) is 11.3. The summed E-state index contributed by atoms with van der Waals surface area (Å²) in [6.45, 7) is 3.22. The highest BCUT2D eigenvalue weighted by Crippen LogP contribution is 2.11. The highest BCUT2D eigenvalue weighted by molar-refractivity contribution is 5.99. The number of carbonyl (C=O) groups is 4. The molecule has 2 N–H and O–H groups in total. The zero-order valence-corrected chi connectivity index (χ0v) is 17.1. The van der Waals surface area contributed by atoms with E-state index in [9.17, 15) is 19.2 Å². The molecule has 0 aromatic heterocycles. The lowest BCUT2D eigenvalue weighted by molar-refractivity contribution is -0.142. The van der Waals surface area contributed by atoms with E-state index in [1.54, 1.807) is 55.5 Å². The topological polar surface area (TPSA) is 102 Å². The second-order valence-electron chi connectivity index (χ2n) is 6.90. The first-order chi connectivity index (χ1) is 14.4. The maximum absolute atomic E-state index is 12.2. The molecule has 2 aromatic carbocycles. The quantitative estimate of drug-likeness (QED) is 0.462. The summed E-state index contributed by atoms with van der Waals surface area (Å²) in [6, 6.07) is 14.6. The van der Waals surface area contributed by atoms with E-state index in [4.69, 9.17) is 4.74 Å². The molecule has 1 unspecified atom stereocenters. The Morgan fingerprint density at radius 3 is 2.23 bits per heavy atom. The third-order valence-corrected chi connectivity index (χ3v) is 4.22.